The lowest BCUT2D eigenvalue weighted by Crippen LogP contribution is -2.23. The Balaban J connectivity index is 1.82. The van der Waals surface area contributed by atoms with E-state index in [0.717, 1.165) is 14.2 Å². The molecule has 0 spiro atoms. The molecule has 3 aromatic heterocycles. The third kappa shape index (κ3) is 3.10. The summed E-state index contributed by atoms with van der Waals surface area (Å²) in [7, 11) is 0. The number of hydrogen-bond acceptors (Lipinski definition) is 5. The van der Waals surface area contributed by atoms with Gasteiger partial charge in [-0.2, -0.15) is 0 Å². The first-order valence-electron chi connectivity index (χ1n) is 6.54. The van der Waals surface area contributed by atoms with E-state index in [0.29, 0.717) is 23.6 Å². The van der Waals surface area contributed by atoms with Gasteiger partial charge in [0.15, 0.2) is 0 Å². The predicted molar refractivity (Wildman–Crippen MR) is 87.7 cm³/mol. The SMILES string of the molecule is Cc1onc(-c2ccc(Br)s2)c1C(=O)NCc1cccnc1. The summed E-state index contributed by atoms with van der Waals surface area (Å²) in [5.41, 5.74) is 1.97. The highest BCUT2D eigenvalue weighted by atomic mass is 79.9. The second-order valence-corrected chi connectivity index (χ2v) is 7.07. The average Bonchev–Trinajstić information content (AvgIpc) is 3.12. The van der Waals surface area contributed by atoms with E-state index in [2.05, 4.69) is 31.4 Å². The molecule has 0 radical (unpaired) electrons. The van der Waals surface area contributed by atoms with E-state index in [4.69, 9.17) is 4.52 Å². The molecule has 3 heterocycles. The van der Waals surface area contributed by atoms with Crippen molar-refractivity contribution in [3.63, 3.8) is 0 Å². The number of nitrogens with one attached hydrogen (secondary N) is 1. The second-order valence-electron chi connectivity index (χ2n) is 4.61. The van der Waals surface area contributed by atoms with Crippen molar-refractivity contribution in [1.29, 1.82) is 0 Å². The summed E-state index contributed by atoms with van der Waals surface area (Å²) in [6, 6.07) is 7.57. The van der Waals surface area contributed by atoms with Crippen LogP contribution in [0.15, 0.2) is 45.0 Å². The Morgan fingerprint density at radius 3 is 2.95 bits per heavy atom. The van der Waals surface area contributed by atoms with E-state index in [-0.39, 0.29) is 5.91 Å². The topological polar surface area (TPSA) is 68.0 Å². The van der Waals surface area contributed by atoms with Crippen LogP contribution in [0.1, 0.15) is 21.7 Å². The maximum Gasteiger partial charge on any atom is 0.257 e. The zero-order valence-corrected chi connectivity index (χ0v) is 14.1. The first-order chi connectivity index (χ1) is 10.6. The summed E-state index contributed by atoms with van der Waals surface area (Å²) in [5.74, 6) is 0.297. The summed E-state index contributed by atoms with van der Waals surface area (Å²) in [4.78, 5) is 17.4. The van der Waals surface area contributed by atoms with E-state index in [1.54, 1.807) is 19.3 Å². The van der Waals surface area contributed by atoms with E-state index in [9.17, 15) is 4.79 Å². The molecule has 0 atom stereocenters. The monoisotopic (exact) mass is 377 g/mol. The zero-order valence-electron chi connectivity index (χ0n) is 11.7. The quantitative estimate of drug-likeness (QED) is 0.750. The van der Waals surface area contributed by atoms with E-state index in [1.165, 1.54) is 11.3 Å². The Hall–Kier alpha value is -1.99. The van der Waals surface area contributed by atoms with Gasteiger partial charge in [0, 0.05) is 18.9 Å². The minimum Gasteiger partial charge on any atom is -0.360 e. The summed E-state index contributed by atoms with van der Waals surface area (Å²) in [6.45, 7) is 2.14. The van der Waals surface area contributed by atoms with Gasteiger partial charge in [0.05, 0.1) is 8.66 Å². The smallest absolute Gasteiger partial charge is 0.257 e. The Bertz CT molecular complexity index is 798. The highest BCUT2D eigenvalue weighted by Crippen LogP contribution is 2.33. The number of rotatable bonds is 4. The fraction of sp³-hybridized carbons (Fsp3) is 0.133. The number of thiophene rings is 1. The van der Waals surface area contributed by atoms with Crippen molar-refractivity contribution in [3.05, 3.63) is 57.3 Å². The fourth-order valence-corrected chi connectivity index (χ4v) is 3.40. The van der Waals surface area contributed by atoms with E-state index >= 15 is 0 Å². The van der Waals surface area contributed by atoms with Crippen LogP contribution in [-0.4, -0.2) is 16.0 Å². The standard InChI is InChI=1S/C15H12BrN3O2S/c1-9-13(14(19-21-9)11-4-5-12(16)22-11)15(20)18-8-10-3-2-6-17-7-10/h2-7H,8H2,1H3,(H,18,20). The molecule has 0 fully saturated rings. The molecule has 0 aliphatic rings. The highest BCUT2D eigenvalue weighted by molar-refractivity contribution is 9.11. The van der Waals surface area contributed by atoms with Crippen molar-refractivity contribution in [1.82, 2.24) is 15.5 Å². The van der Waals surface area contributed by atoms with Crippen LogP contribution in [0.2, 0.25) is 0 Å². The Morgan fingerprint density at radius 1 is 1.41 bits per heavy atom. The third-order valence-electron chi connectivity index (χ3n) is 3.07. The number of nitrogens with zero attached hydrogens (tertiary/aromatic N) is 2. The molecule has 1 N–H and O–H groups in total. The van der Waals surface area contributed by atoms with E-state index < -0.39 is 0 Å². The summed E-state index contributed by atoms with van der Waals surface area (Å²) in [6.07, 6.45) is 3.42. The predicted octanol–water partition coefficient (Wildman–Crippen LogP) is 3.80. The van der Waals surface area contributed by atoms with Gasteiger partial charge >= 0.3 is 0 Å². The Labute approximate surface area is 139 Å². The van der Waals surface area contributed by atoms with Crippen molar-refractivity contribution in [2.75, 3.05) is 0 Å². The average molecular weight is 378 g/mol. The first kappa shape index (κ1) is 14.9. The van der Waals surface area contributed by atoms with Gasteiger partial charge in [0.2, 0.25) is 0 Å². The molecule has 112 valence electrons. The van der Waals surface area contributed by atoms with Crippen molar-refractivity contribution in [3.8, 4) is 10.6 Å². The molecule has 0 aliphatic carbocycles. The number of carbonyl (C=O) groups is 1. The molecule has 0 aliphatic heterocycles. The number of amides is 1. The van der Waals surface area contributed by atoms with Crippen LogP contribution in [0.3, 0.4) is 0 Å². The second kappa shape index (κ2) is 6.41. The maximum atomic E-state index is 12.5. The van der Waals surface area contributed by atoms with Crippen molar-refractivity contribution < 1.29 is 9.32 Å². The lowest BCUT2D eigenvalue weighted by molar-refractivity contribution is 0.0950. The van der Waals surface area contributed by atoms with Gasteiger partial charge in [-0.1, -0.05) is 11.2 Å². The lowest BCUT2D eigenvalue weighted by atomic mass is 10.1. The van der Waals surface area contributed by atoms with Gasteiger partial charge < -0.3 is 9.84 Å². The largest absolute Gasteiger partial charge is 0.360 e. The number of hydrogen-bond donors (Lipinski definition) is 1. The third-order valence-corrected chi connectivity index (χ3v) is 4.70. The van der Waals surface area contributed by atoms with Crippen LogP contribution in [0.5, 0.6) is 0 Å². The Kier molecular flexibility index (Phi) is 4.35. The summed E-state index contributed by atoms with van der Waals surface area (Å²) < 4.78 is 6.18. The highest BCUT2D eigenvalue weighted by Gasteiger charge is 2.22. The minimum absolute atomic E-state index is 0.206. The number of halogens is 1. The van der Waals surface area contributed by atoms with Gasteiger partial charge in [-0.25, -0.2) is 0 Å². The van der Waals surface area contributed by atoms with Gasteiger partial charge in [0.1, 0.15) is 17.0 Å². The molecule has 0 bridgehead atoms. The minimum atomic E-state index is -0.206. The molecule has 0 saturated carbocycles. The molecular weight excluding hydrogens is 366 g/mol. The normalized spacial score (nSPS) is 10.6. The van der Waals surface area contributed by atoms with Crippen LogP contribution in [0.25, 0.3) is 10.6 Å². The van der Waals surface area contributed by atoms with Gasteiger partial charge in [-0.05, 0) is 46.6 Å². The molecule has 5 nitrogen and oxygen atoms in total. The molecule has 0 aromatic carbocycles. The number of pyridine rings is 1. The van der Waals surface area contributed by atoms with Gasteiger partial charge in [-0.15, -0.1) is 11.3 Å². The molecule has 0 unspecified atom stereocenters. The Morgan fingerprint density at radius 2 is 2.27 bits per heavy atom. The molecular formula is C15H12BrN3O2S. The summed E-state index contributed by atoms with van der Waals surface area (Å²) >= 11 is 4.92. The van der Waals surface area contributed by atoms with Gasteiger partial charge in [-0.3, -0.25) is 9.78 Å². The van der Waals surface area contributed by atoms with Crippen LogP contribution < -0.4 is 5.32 Å². The molecule has 22 heavy (non-hydrogen) atoms. The lowest BCUT2D eigenvalue weighted by Gasteiger charge is -2.05. The van der Waals surface area contributed by atoms with Crippen LogP contribution in [-0.2, 0) is 6.54 Å². The zero-order chi connectivity index (χ0) is 15.5. The molecule has 1 amide bonds. The van der Waals surface area contributed by atoms with E-state index in [1.807, 2.05) is 24.3 Å². The van der Waals surface area contributed by atoms with Gasteiger partial charge in [0.25, 0.3) is 5.91 Å². The number of aryl methyl sites for hydroxylation is 1. The first-order valence-corrected chi connectivity index (χ1v) is 8.15. The number of aromatic nitrogens is 2. The molecule has 0 saturated heterocycles. The molecule has 7 heteroatoms. The molecule has 3 aromatic rings. The van der Waals surface area contributed by atoms with Crippen molar-refractivity contribution in [2.45, 2.75) is 13.5 Å². The fourth-order valence-electron chi connectivity index (χ4n) is 2.02. The van der Waals surface area contributed by atoms with Crippen LogP contribution in [0.4, 0.5) is 0 Å². The molecule has 3 rings (SSSR count). The number of carbonyl (C=O) groups excluding carboxylic acids is 1. The summed E-state index contributed by atoms with van der Waals surface area (Å²) in [5, 5.41) is 6.89. The van der Waals surface area contributed by atoms with Crippen LogP contribution >= 0.6 is 27.3 Å². The van der Waals surface area contributed by atoms with Crippen molar-refractivity contribution in [2.24, 2.45) is 0 Å². The van der Waals surface area contributed by atoms with Crippen molar-refractivity contribution >= 4 is 33.2 Å². The van der Waals surface area contributed by atoms with Crippen LogP contribution in [0, 0.1) is 6.92 Å². The maximum absolute atomic E-state index is 12.5.